The van der Waals surface area contributed by atoms with E-state index in [9.17, 15) is 13.2 Å². The lowest BCUT2D eigenvalue weighted by molar-refractivity contribution is -0.121. The Morgan fingerprint density at radius 3 is 2.24 bits per heavy atom. The molecule has 0 aliphatic rings. The number of halogens is 1. The van der Waals surface area contributed by atoms with E-state index in [1.165, 1.54) is 28.6 Å². The van der Waals surface area contributed by atoms with E-state index in [4.69, 9.17) is 11.6 Å². The molecule has 0 aromatic heterocycles. The van der Waals surface area contributed by atoms with Gasteiger partial charge in [-0.25, -0.2) is 8.42 Å². The Morgan fingerprint density at radius 2 is 1.68 bits per heavy atom. The molecule has 7 heteroatoms. The van der Waals surface area contributed by atoms with Crippen LogP contribution < -0.4 is 5.32 Å². The zero-order chi connectivity index (χ0) is 18.4. The molecule has 25 heavy (non-hydrogen) atoms. The van der Waals surface area contributed by atoms with Crippen molar-refractivity contribution in [2.45, 2.75) is 31.3 Å². The highest BCUT2D eigenvalue weighted by atomic mass is 35.5. The second-order valence-electron chi connectivity index (χ2n) is 5.93. The third-order valence-electron chi connectivity index (χ3n) is 3.42. The molecule has 0 unspecified atom stereocenters. The fourth-order valence-electron chi connectivity index (χ4n) is 2.30. The Bertz CT molecular complexity index is 806. The fraction of sp³-hybridized carbons (Fsp3) is 0.278. The predicted molar refractivity (Wildman–Crippen MR) is 98.8 cm³/mol. The van der Waals surface area contributed by atoms with Crippen LogP contribution in [-0.2, 0) is 21.4 Å². The molecule has 0 heterocycles. The topological polar surface area (TPSA) is 66.5 Å². The molecule has 0 saturated carbocycles. The highest BCUT2D eigenvalue weighted by Crippen LogP contribution is 2.20. The van der Waals surface area contributed by atoms with E-state index in [1.54, 1.807) is 0 Å². The molecular weight excluding hydrogens is 360 g/mol. The van der Waals surface area contributed by atoms with Crippen LogP contribution in [0, 0.1) is 0 Å². The highest BCUT2D eigenvalue weighted by molar-refractivity contribution is 7.89. The summed E-state index contributed by atoms with van der Waals surface area (Å²) in [6, 6.07) is 15.0. The number of hydrogen-bond donors (Lipinski definition) is 1. The monoisotopic (exact) mass is 380 g/mol. The summed E-state index contributed by atoms with van der Waals surface area (Å²) in [5, 5.41) is 3.18. The van der Waals surface area contributed by atoms with Gasteiger partial charge in [0.25, 0.3) is 0 Å². The Balaban J connectivity index is 2.32. The van der Waals surface area contributed by atoms with Gasteiger partial charge in [-0.15, -0.1) is 0 Å². The third-order valence-corrected chi connectivity index (χ3v) is 5.48. The van der Waals surface area contributed by atoms with E-state index >= 15 is 0 Å². The third kappa shape index (κ3) is 5.56. The molecule has 5 nitrogen and oxygen atoms in total. The molecule has 0 atom stereocenters. The Kier molecular flexibility index (Phi) is 6.58. The number of nitrogens with zero attached hydrogens (tertiary/aromatic N) is 1. The van der Waals surface area contributed by atoms with Crippen LogP contribution in [0.25, 0.3) is 0 Å². The van der Waals surface area contributed by atoms with Gasteiger partial charge in [0.2, 0.25) is 15.9 Å². The van der Waals surface area contributed by atoms with Gasteiger partial charge in [-0.2, -0.15) is 4.31 Å². The standard InChI is InChI=1S/C18H21ClN2O3S/c1-14(2)20-18(22)13-21(12-15-6-4-3-5-7-15)25(23,24)17-10-8-16(19)9-11-17/h3-11,14H,12-13H2,1-2H3,(H,20,22). The van der Waals surface area contributed by atoms with Gasteiger partial charge in [-0.05, 0) is 43.7 Å². The van der Waals surface area contributed by atoms with Gasteiger partial charge >= 0.3 is 0 Å². The van der Waals surface area contributed by atoms with Crippen molar-refractivity contribution in [1.29, 1.82) is 0 Å². The van der Waals surface area contributed by atoms with Gasteiger partial charge in [-0.3, -0.25) is 4.79 Å². The van der Waals surface area contributed by atoms with Crippen LogP contribution in [0.4, 0.5) is 0 Å². The van der Waals surface area contributed by atoms with Crippen molar-refractivity contribution in [2.24, 2.45) is 0 Å². The predicted octanol–water partition coefficient (Wildman–Crippen LogP) is 3.06. The molecule has 0 aliphatic carbocycles. The first-order chi connectivity index (χ1) is 11.8. The van der Waals surface area contributed by atoms with Crippen molar-refractivity contribution >= 4 is 27.5 Å². The molecule has 0 fully saturated rings. The molecule has 0 spiro atoms. The quantitative estimate of drug-likeness (QED) is 0.802. The number of nitrogens with one attached hydrogen (secondary N) is 1. The van der Waals surface area contributed by atoms with E-state index in [1.807, 2.05) is 44.2 Å². The second kappa shape index (κ2) is 8.47. The number of hydrogen-bond acceptors (Lipinski definition) is 3. The summed E-state index contributed by atoms with van der Waals surface area (Å²) in [5.74, 6) is -0.344. The number of carbonyl (C=O) groups excluding carboxylic acids is 1. The number of rotatable bonds is 7. The van der Waals surface area contributed by atoms with Crippen LogP contribution in [0.1, 0.15) is 19.4 Å². The molecule has 1 N–H and O–H groups in total. The molecule has 134 valence electrons. The van der Waals surface area contributed by atoms with Crippen molar-refractivity contribution in [3.8, 4) is 0 Å². The molecule has 0 radical (unpaired) electrons. The van der Waals surface area contributed by atoms with Crippen LogP contribution in [-0.4, -0.2) is 31.2 Å². The maximum Gasteiger partial charge on any atom is 0.243 e. The normalized spacial score (nSPS) is 11.7. The van der Waals surface area contributed by atoms with Gasteiger partial charge in [0, 0.05) is 17.6 Å². The van der Waals surface area contributed by atoms with E-state index in [-0.39, 0.29) is 29.9 Å². The van der Waals surface area contributed by atoms with Crippen molar-refractivity contribution < 1.29 is 13.2 Å². The second-order valence-corrected chi connectivity index (χ2v) is 8.31. The maximum atomic E-state index is 13.0. The molecule has 1 amide bonds. The summed E-state index contributed by atoms with van der Waals surface area (Å²) in [6.07, 6.45) is 0. The summed E-state index contributed by atoms with van der Waals surface area (Å²) >= 11 is 5.84. The lowest BCUT2D eigenvalue weighted by atomic mass is 10.2. The van der Waals surface area contributed by atoms with Gasteiger partial charge in [0.15, 0.2) is 0 Å². The van der Waals surface area contributed by atoms with Crippen LogP contribution in [0.15, 0.2) is 59.5 Å². The zero-order valence-electron chi connectivity index (χ0n) is 14.1. The molecule has 0 saturated heterocycles. The van der Waals surface area contributed by atoms with Crippen LogP contribution >= 0.6 is 11.6 Å². The minimum absolute atomic E-state index is 0.0655. The van der Waals surface area contributed by atoms with E-state index < -0.39 is 10.0 Å². The summed E-state index contributed by atoms with van der Waals surface area (Å²) in [4.78, 5) is 12.2. The Hall–Kier alpha value is -1.89. The van der Waals surface area contributed by atoms with E-state index in [2.05, 4.69) is 5.32 Å². The first kappa shape index (κ1) is 19.4. The number of amides is 1. The van der Waals surface area contributed by atoms with Crippen molar-refractivity contribution in [3.05, 3.63) is 65.2 Å². The molecular formula is C18H21ClN2O3S. The Labute approximate surface area is 153 Å². The van der Waals surface area contributed by atoms with Crippen LogP contribution in [0.3, 0.4) is 0 Å². The molecule has 2 aromatic carbocycles. The number of carbonyl (C=O) groups is 1. The van der Waals surface area contributed by atoms with Crippen LogP contribution in [0.2, 0.25) is 5.02 Å². The largest absolute Gasteiger partial charge is 0.353 e. The lowest BCUT2D eigenvalue weighted by Crippen LogP contribution is -2.42. The molecule has 2 rings (SSSR count). The van der Waals surface area contributed by atoms with Crippen LogP contribution in [0.5, 0.6) is 0 Å². The minimum Gasteiger partial charge on any atom is -0.353 e. The number of benzene rings is 2. The Morgan fingerprint density at radius 1 is 1.08 bits per heavy atom. The fourth-order valence-corrected chi connectivity index (χ4v) is 3.81. The van der Waals surface area contributed by atoms with Crippen molar-refractivity contribution in [1.82, 2.24) is 9.62 Å². The zero-order valence-corrected chi connectivity index (χ0v) is 15.7. The molecule has 0 bridgehead atoms. The van der Waals surface area contributed by atoms with Gasteiger partial charge in [-0.1, -0.05) is 41.9 Å². The average Bonchev–Trinajstić information content (AvgIpc) is 2.55. The minimum atomic E-state index is -3.83. The maximum absolute atomic E-state index is 13.0. The SMILES string of the molecule is CC(C)NC(=O)CN(Cc1ccccc1)S(=O)(=O)c1ccc(Cl)cc1. The highest BCUT2D eigenvalue weighted by Gasteiger charge is 2.27. The molecule has 0 aliphatic heterocycles. The lowest BCUT2D eigenvalue weighted by Gasteiger charge is -2.22. The first-order valence-electron chi connectivity index (χ1n) is 7.88. The summed E-state index contributed by atoms with van der Waals surface area (Å²) in [5.41, 5.74) is 0.803. The molecule has 2 aromatic rings. The average molecular weight is 381 g/mol. The van der Waals surface area contributed by atoms with Gasteiger partial charge in [0.05, 0.1) is 11.4 Å². The van der Waals surface area contributed by atoms with Crippen molar-refractivity contribution in [2.75, 3.05) is 6.54 Å². The van der Waals surface area contributed by atoms with E-state index in [0.29, 0.717) is 5.02 Å². The first-order valence-corrected chi connectivity index (χ1v) is 9.70. The number of sulfonamides is 1. The summed E-state index contributed by atoms with van der Waals surface area (Å²) in [7, 11) is -3.83. The van der Waals surface area contributed by atoms with Gasteiger partial charge < -0.3 is 5.32 Å². The van der Waals surface area contributed by atoms with Gasteiger partial charge in [0.1, 0.15) is 0 Å². The summed E-state index contributed by atoms with van der Waals surface area (Å²) < 4.78 is 27.1. The van der Waals surface area contributed by atoms with Crippen molar-refractivity contribution in [3.63, 3.8) is 0 Å². The van der Waals surface area contributed by atoms with E-state index in [0.717, 1.165) is 5.56 Å². The smallest absolute Gasteiger partial charge is 0.243 e. The summed E-state index contributed by atoms with van der Waals surface area (Å²) in [6.45, 7) is 3.51.